The van der Waals surface area contributed by atoms with Gasteiger partial charge in [0.15, 0.2) is 0 Å². The molecule has 114 valence electrons. The standard InChI is InChI=1S/C18H26N2O/c1-4-18(5-2,15-10-8-7-9-11-15)16(21)14-17-19-12-13-20(17)6-3/h7-13,16,21H,4-6,14H2,1-3H3. The summed E-state index contributed by atoms with van der Waals surface area (Å²) in [6, 6.07) is 10.4. The van der Waals surface area contributed by atoms with Crippen LogP contribution in [-0.2, 0) is 18.4 Å². The van der Waals surface area contributed by atoms with E-state index >= 15 is 0 Å². The normalized spacial score (nSPS) is 13.3. The van der Waals surface area contributed by atoms with Crippen molar-refractivity contribution in [2.75, 3.05) is 0 Å². The first-order valence-corrected chi connectivity index (χ1v) is 7.91. The van der Waals surface area contributed by atoms with Crippen molar-refractivity contribution < 1.29 is 5.11 Å². The van der Waals surface area contributed by atoms with Gasteiger partial charge in [-0.1, -0.05) is 44.2 Å². The Morgan fingerprint density at radius 2 is 1.81 bits per heavy atom. The molecule has 0 amide bonds. The summed E-state index contributed by atoms with van der Waals surface area (Å²) in [6.45, 7) is 7.30. The molecule has 0 saturated heterocycles. The first-order chi connectivity index (χ1) is 10.2. The van der Waals surface area contributed by atoms with Crippen LogP contribution in [0.15, 0.2) is 42.7 Å². The Hall–Kier alpha value is -1.61. The van der Waals surface area contributed by atoms with E-state index in [0.717, 1.165) is 25.2 Å². The zero-order chi connectivity index (χ0) is 15.3. The Bertz CT molecular complexity index is 543. The van der Waals surface area contributed by atoms with E-state index in [0.29, 0.717) is 6.42 Å². The van der Waals surface area contributed by atoms with E-state index in [1.807, 2.05) is 18.5 Å². The van der Waals surface area contributed by atoms with Gasteiger partial charge in [-0.2, -0.15) is 0 Å². The lowest BCUT2D eigenvalue weighted by atomic mass is 9.70. The number of hydrogen-bond donors (Lipinski definition) is 1. The fourth-order valence-electron chi connectivity index (χ4n) is 3.28. The first-order valence-electron chi connectivity index (χ1n) is 7.91. The average molecular weight is 286 g/mol. The van der Waals surface area contributed by atoms with E-state index < -0.39 is 6.10 Å². The summed E-state index contributed by atoms with van der Waals surface area (Å²) >= 11 is 0. The summed E-state index contributed by atoms with van der Waals surface area (Å²) in [4.78, 5) is 4.41. The quantitative estimate of drug-likeness (QED) is 0.845. The van der Waals surface area contributed by atoms with Crippen LogP contribution in [0.1, 0.15) is 45.0 Å². The maximum absolute atomic E-state index is 11.0. The number of aliphatic hydroxyl groups is 1. The topological polar surface area (TPSA) is 38.0 Å². The van der Waals surface area contributed by atoms with Gasteiger partial charge in [0, 0.05) is 30.8 Å². The second kappa shape index (κ2) is 6.90. The molecule has 0 aliphatic rings. The highest BCUT2D eigenvalue weighted by Crippen LogP contribution is 2.36. The first kappa shape index (κ1) is 15.8. The van der Waals surface area contributed by atoms with Gasteiger partial charge in [0.1, 0.15) is 5.82 Å². The summed E-state index contributed by atoms with van der Waals surface area (Å²) in [5.41, 5.74) is 1.02. The van der Waals surface area contributed by atoms with Gasteiger partial charge in [-0.3, -0.25) is 0 Å². The molecule has 1 aromatic carbocycles. The number of benzene rings is 1. The third kappa shape index (κ3) is 3.03. The number of aromatic nitrogens is 2. The predicted molar refractivity (Wildman–Crippen MR) is 86.3 cm³/mol. The van der Waals surface area contributed by atoms with Crippen molar-refractivity contribution in [1.82, 2.24) is 9.55 Å². The molecule has 3 heteroatoms. The van der Waals surface area contributed by atoms with Gasteiger partial charge < -0.3 is 9.67 Å². The van der Waals surface area contributed by atoms with Crippen LogP contribution in [0.5, 0.6) is 0 Å². The highest BCUT2D eigenvalue weighted by Gasteiger charge is 2.36. The molecule has 3 nitrogen and oxygen atoms in total. The molecule has 2 rings (SSSR count). The van der Waals surface area contributed by atoms with Gasteiger partial charge in [0.2, 0.25) is 0 Å². The Balaban J connectivity index is 2.30. The second-order valence-electron chi connectivity index (χ2n) is 5.58. The number of aryl methyl sites for hydroxylation is 1. The molecule has 0 bridgehead atoms. The smallest absolute Gasteiger partial charge is 0.111 e. The van der Waals surface area contributed by atoms with Gasteiger partial charge in [-0.05, 0) is 25.3 Å². The summed E-state index contributed by atoms with van der Waals surface area (Å²) in [7, 11) is 0. The molecule has 1 atom stereocenters. The van der Waals surface area contributed by atoms with Crippen LogP contribution in [0.2, 0.25) is 0 Å². The predicted octanol–water partition coefficient (Wildman–Crippen LogP) is 3.56. The van der Waals surface area contributed by atoms with Crippen molar-refractivity contribution in [2.45, 2.75) is 58.1 Å². The molecule has 0 spiro atoms. The fraction of sp³-hybridized carbons (Fsp3) is 0.500. The van der Waals surface area contributed by atoms with Crippen molar-refractivity contribution >= 4 is 0 Å². The van der Waals surface area contributed by atoms with Crippen LogP contribution in [-0.4, -0.2) is 20.8 Å². The summed E-state index contributed by atoms with van der Waals surface area (Å²) < 4.78 is 2.10. The Kier molecular flexibility index (Phi) is 5.18. The average Bonchev–Trinajstić information content (AvgIpc) is 2.97. The molecule has 1 N–H and O–H groups in total. The number of rotatable bonds is 7. The van der Waals surface area contributed by atoms with Crippen LogP contribution in [0.4, 0.5) is 0 Å². The summed E-state index contributed by atoms with van der Waals surface area (Å²) in [5.74, 6) is 0.965. The molecule has 0 aliphatic carbocycles. The minimum atomic E-state index is -0.428. The molecule has 0 radical (unpaired) electrons. The second-order valence-corrected chi connectivity index (χ2v) is 5.58. The van der Waals surface area contributed by atoms with Gasteiger partial charge in [-0.15, -0.1) is 0 Å². The molecule has 2 aromatic rings. The van der Waals surface area contributed by atoms with Crippen molar-refractivity contribution in [3.63, 3.8) is 0 Å². The minimum Gasteiger partial charge on any atom is -0.392 e. The highest BCUT2D eigenvalue weighted by atomic mass is 16.3. The molecular weight excluding hydrogens is 260 g/mol. The largest absolute Gasteiger partial charge is 0.392 e. The lowest BCUT2D eigenvalue weighted by molar-refractivity contribution is 0.0709. The Morgan fingerprint density at radius 1 is 1.14 bits per heavy atom. The third-order valence-corrected chi connectivity index (χ3v) is 4.77. The van der Waals surface area contributed by atoms with E-state index in [1.54, 1.807) is 0 Å². The molecule has 0 fully saturated rings. The number of aliphatic hydroxyl groups excluding tert-OH is 1. The molecule has 1 aromatic heterocycles. The fourth-order valence-corrected chi connectivity index (χ4v) is 3.28. The third-order valence-electron chi connectivity index (χ3n) is 4.77. The number of hydrogen-bond acceptors (Lipinski definition) is 2. The lowest BCUT2D eigenvalue weighted by Gasteiger charge is -2.37. The van der Waals surface area contributed by atoms with Gasteiger partial charge in [0.25, 0.3) is 0 Å². The zero-order valence-corrected chi connectivity index (χ0v) is 13.3. The van der Waals surface area contributed by atoms with Crippen molar-refractivity contribution in [3.05, 3.63) is 54.1 Å². The molecule has 1 unspecified atom stereocenters. The Morgan fingerprint density at radius 3 is 2.38 bits per heavy atom. The lowest BCUT2D eigenvalue weighted by Crippen LogP contribution is -2.40. The molecule has 1 heterocycles. The van der Waals surface area contributed by atoms with Gasteiger partial charge in [-0.25, -0.2) is 4.98 Å². The van der Waals surface area contributed by atoms with Crippen molar-refractivity contribution in [2.24, 2.45) is 0 Å². The highest BCUT2D eigenvalue weighted by molar-refractivity contribution is 5.27. The van der Waals surface area contributed by atoms with Gasteiger partial charge in [0.05, 0.1) is 6.10 Å². The SMILES string of the molecule is CCn1ccnc1CC(O)C(CC)(CC)c1ccccc1. The number of imidazole rings is 1. The van der Waals surface area contributed by atoms with E-state index in [4.69, 9.17) is 0 Å². The van der Waals surface area contributed by atoms with Crippen LogP contribution >= 0.6 is 0 Å². The molecule has 0 saturated carbocycles. The van der Waals surface area contributed by atoms with E-state index in [2.05, 4.69) is 54.6 Å². The van der Waals surface area contributed by atoms with E-state index in [9.17, 15) is 5.11 Å². The summed E-state index contributed by atoms with van der Waals surface area (Å²) in [6.07, 6.45) is 5.79. The van der Waals surface area contributed by atoms with Crippen LogP contribution in [0.3, 0.4) is 0 Å². The van der Waals surface area contributed by atoms with E-state index in [1.165, 1.54) is 5.56 Å². The minimum absolute atomic E-state index is 0.203. The van der Waals surface area contributed by atoms with Gasteiger partial charge >= 0.3 is 0 Å². The zero-order valence-electron chi connectivity index (χ0n) is 13.3. The van der Waals surface area contributed by atoms with Crippen LogP contribution in [0, 0.1) is 0 Å². The van der Waals surface area contributed by atoms with Crippen LogP contribution < -0.4 is 0 Å². The maximum atomic E-state index is 11.0. The molecule has 21 heavy (non-hydrogen) atoms. The van der Waals surface area contributed by atoms with E-state index in [-0.39, 0.29) is 5.41 Å². The molecule has 0 aliphatic heterocycles. The summed E-state index contributed by atoms with van der Waals surface area (Å²) in [5, 5.41) is 11.0. The monoisotopic (exact) mass is 286 g/mol. The maximum Gasteiger partial charge on any atom is 0.111 e. The van der Waals surface area contributed by atoms with Crippen molar-refractivity contribution in [1.29, 1.82) is 0 Å². The molecular formula is C18H26N2O. The van der Waals surface area contributed by atoms with Crippen molar-refractivity contribution in [3.8, 4) is 0 Å². The van der Waals surface area contributed by atoms with Crippen LogP contribution in [0.25, 0.3) is 0 Å². The number of nitrogens with zero attached hydrogens (tertiary/aromatic N) is 2. The Labute approximate surface area is 127 Å².